The van der Waals surface area contributed by atoms with Gasteiger partial charge in [0.05, 0.1) is 12.3 Å². The molecule has 1 atom stereocenters. The molecule has 31 heavy (non-hydrogen) atoms. The summed E-state index contributed by atoms with van der Waals surface area (Å²) in [6, 6.07) is 2.78. The maximum Gasteiger partial charge on any atom is 0.387 e. The number of primary amides is 1. The van der Waals surface area contributed by atoms with Gasteiger partial charge in [0, 0.05) is 24.8 Å². The van der Waals surface area contributed by atoms with Crippen LogP contribution in [0.1, 0.15) is 20.8 Å². The average Bonchev–Trinajstić information content (AvgIpc) is 2.67. The molecule has 1 saturated heterocycles. The van der Waals surface area contributed by atoms with Gasteiger partial charge in [-0.15, -0.1) is 0 Å². The van der Waals surface area contributed by atoms with Crippen LogP contribution in [0.5, 0.6) is 5.75 Å². The van der Waals surface area contributed by atoms with Crippen molar-refractivity contribution >= 4 is 29.1 Å². The molecule has 0 aliphatic carbocycles. The van der Waals surface area contributed by atoms with Gasteiger partial charge in [0.15, 0.2) is 11.8 Å². The summed E-state index contributed by atoms with van der Waals surface area (Å²) in [6.07, 6.45) is 0. The van der Waals surface area contributed by atoms with E-state index in [9.17, 15) is 23.2 Å². The summed E-state index contributed by atoms with van der Waals surface area (Å²) >= 11 is 0. The molecule has 172 valence electrons. The van der Waals surface area contributed by atoms with Gasteiger partial charge in [-0.25, -0.2) is 0 Å². The molecular formula is C20H28F2N4O5. The summed E-state index contributed by atoms with van der Waals surface area (Å²) in [6.45, 7) is 3.68. The van der Waals surface area contributed by atoms with Gasteiger partial charge < -0.3 is 25.4 Å². The number of hydrogen-bond acceptors (Lipinski definition) is 6. The fraction of sp³-hybridized carbons (Fsp3) is 0.550. The summed E-state index contributed by atoms with van der Waals surface area (Å²) < 4.78 is 35.6. The molecule has 1 fully saturated rings. The first-order chi connectivity index (χ1) is 14.6. The molecule has 0 bridgehead atoms. The second-order valence-corrected chi connectivity index (χ2v) is 7.43. The maximum atomic E-state index is 13.0. The van der Waals surface area contributed by atoms with Crippen LogP contribution in [0.25, 0.3) is 0 Å². The summed E-state index contributed by atoms with van der Waals surface area (Å²) in [5.41, 5.74) is 5.71. The Labute approximate surface area is 179 Å². The highest BCUT2D eigenvalue weighted by Gasteiger charge is 2.31. The predicted molar refractivity (Wildman–Crippen MR) is 110 cm³/mol. The maximum absolute atomic E-state index is 13.0. The molecule has 0 radical (unpaired) electrons. The topological polar surface area (TPSA) is 114 Å². The van der Waals surface area contributed by atoms with Crippen LogP contribution < -0.4 is 20.7 Å². The molecule has 1 aliphatic heterocycles. The van der Waals surface area contributed by atoms with Crippen molar-refractivity contribution in [1.29, 1.82) is 0 Å². The monoisotopic (exact) mass is 442 g/mol. The van der Waals surface area contributed by atoms with Crippen LogP contribution in [0.4, 0.5) is 20.2 Å². The fourth-order valence-electron chi connectivity index (χ4n) is 3.35. The van der Waals surface area contributed by atoms with E-state index in [2.05, 4.69) is 10.1 Å². The minimum Gasteiger partial charge on any atom is -0.433 e. The van der Waals surface area contributed by atoms with Crippen molar-refractivity contribution in [3.05, 3.63) is 18.2 Å². The molecule has 3 amide bonds. The zero-order valence-corrected chi connectivity index (χ0v) is 17.8. The highest BCUT2D eigenvalue weighted by atomic mass is 19.3. The highest BCUT2D eigenvalue weighted by molar-refractivity contribution is 6.09. The van der Waals surface area contributed by atoms with Crippen LogP contribution in [0, 0.1) is 5.92 Å². The summed E-state index contributed by atoms with van der Waals surface area (Å²) in [4.78, 5) is 39.8. The van der Waals surface area contributed by atoms with Crippen molar-refractivity contribution in [3.63, 3.8) is 0 Å². The van der Waals surface area contributed by atoms with E-state index in [0.29, 0.717) is 13.1 Å². The Hall–Kier alpha value is -2.79. The van der Waals surface area contributed by atoms with Crippen molar-refractivity contribution in [2.24, 2.45) is 11.7 Å². The van der Waals surface area contributed by atoms with E-state index in [1.807, 2.05) is 13.8 Å². The van der Waals surface area contributed by atoms with E-state index in [4.69, 9.17) is 10.5 Å². The van der Waals surface area contributed by atoms with E-state index < -0.39 is 30.4 Å². The number of carbonyl (C=O) groups excluding carboxylic acids is 3. The van der Waals surface area contributed by atoms with Crippen molar-refractivity contribution in [2.75, 3.05) is 43.1 Å². The number of alkyl halides is 2. The smallest absolute Gasteiger partial charge is 0.387 e. The number of rotatable bonds is 10. The molecule has 11 heteroatoms. The molecule has 9 nitrogen and oxygen atoms in total. The molecule has 3 N–H and O–H groups in total. The van der Waals surface area contributed by atoms with Crippen LogP contribution in [-0.4, -0.2) is 68.1 Å². The molecule has 0 saturated carbocycles. The third kappa shape index (κ3) is 6.59. The first-order valence-electron chi connectivity index (χ1n) is 9.95. The number of nitrogens with two attached hydrogens (primary N) is 1. The lowest BCUT2D eigenvalue weighted by Crippen LogP contribution is -2.53. The van der Waals surface area contributed by atoms with Crippen LogP contribution in [0.3, 0.4) is 0 Å². The Morgan fingerprint density at radius 1 is 1.35 bits per heavy atom. The molecular weight excluding hydrogens is 414 g/mol. The van der Waals surface area contributed by atoms with E-state index >= 15 is 0 Å². The Kier molecular flexibility index (Phi) is 8.69. The Morgan fingerprint density at radius 2 is 2.06 bits per heavy atom. The van der Waals surface area contributed by atoms with Crippen molar-refractivity contribution < 1.29 is 32.6 Å². The number of nitrogens with zero attached hydrogens (tertiary/aromatic N) is 2. The molecule has 1 aromatic carbocycles. The third-order valence-electron chi connectivity index (χ3n) is 4.61. The van der Waals surface area contributed by atoms with Crippen molar-refractivity contribution in [1.82, 2.24) is 4.90 Å². The number of carbonyl (C=O) groups is 3. The minimum absolute atomic E-state index is 0.122. The molecule has 1 aliphatic rings. The van der Waals surface area contributed by atoms with E-state index in [1.54, 1.807) is 11.8 Å². The van der Waals surface area contributed by atoms with Gasteiger partial charge in [0.25, 0.3) is 11.8 Å². The van der Waals surface area contributed by atoms with Gasteiger partial charge in [-0.2, -0.15) is 8.78 Å². The number of amides is 3. The van der Waals surface area contributed by atoms with Crippen molar-refractivity contribution in [3.8, 4) is 5.75 Å². The third-order valence-corrected chi connectivity index (χ3v) is 4.61. The zero-order chi connectivity index (χ0) is 23.1. The average molecular weight is 442 g/mol. The van der Waals surface area contributed by atoms with Gasteiger partial charge in [-0.3, -0.25) is 19.3 Å². The number of ether oxygens (including phenoxy) is 2. The summed E-state index contributed by atoms with van der Waals surface area (Å²) in [5, 5.41) is 2.53. The van der Waals surface area contributed by atoms with Crippen molar-refractivity contribution in [2.45, 2.75) is 33.4 Å². The Bertz CT molecular complexity index is 806. The number of halogens is 2. The van der Waals surface area contributed by atoms with Gasteiger partial charge >= 0.3 is 6.61 Å². The summed E-state index contributed by atoms with van der Waals surface area (Å²) in [7, 11) is 0. The van der Waals surface area contributed by atoms with E-state index in [-0.39, 0.29) is 42.8 Å². The second kappa shape index (κ2) is 11.0. The second-order valence-electron chi connectivity index (χ2n) is 7.43. The molecule has 1 aromatic rings. The fourth-order valence-corrected chi connectivity index (χ4v) is 3.35. The first kappa shape index (κ1) is 24.5. The lowest BCUT2D eigenvalue weighted by Gasteiger charge is -2.30. The molecule has 0 spiro atoms. The summed E-state index contributed by atoms with van der Waals surface area (Å²) in [5.74, 6) is -2.00. The SMILES string of the molecule is CCN(CC(C)C)[C@@H](C(N)=O)C(=O)Nc1ccc(N2CCOCC2=O)c(OC(F)F)c1. The quantitative estimate of drug-likeness (QED) is 0.530. The molecule has 2 rings (SSSR count). The predicted octanol–water partition coefficient (Wildman–Crippen LogP) is 1.42. The first-order valence-corrected chi connectivity index (χ1v) is 9.95. The standard InChI is InChI=1S/C20H28F2N4O5/c1-4-25(10-12(2)3)17(18(23)28)19(29)24-13-5-6-14(15(9-13)31-20(21)22)26-7-8-30-11-16(26)27/h5-6,9,12,17,20H,4,7-8,10-11H2,1-3H3,(H2,23,28)(H,24,29)/t17-/m0/s1. The lowest BCUT2D eigenvalue weighted by molar-refractivity contribution is -0.132. The molecule has 1 heterocycles. The van der Waals surface area contributed by atoms with Crippen LogP contribution in [-0.2, 0) is 19.1 Å². The largest absolute Gasteiger partial charge is 0.433 e. The van der Waals surface area contributed by atoms with Gasteiger partial charge in [-0.1, -0.05) is 20.8 Å². The highest BCUT2D eigenvalue weighted by Crippen LogP contribution is 2.33. The van der Waals surface area contributed by atoms with Crippen LogP contribution in [0.15, 0.2) is 18.2 Å². The zero-order valence-electron chi connectivity index (χ0n) is 17.8. The van der Waals surface area contributed by atoms with Gasteiger partial charge in [0.2, 0.25) is 5.91 Å². The van der Waals surface area contributed by atoms with Crippen LogP contribution >= 0.6 is 0 Å². The number of hydrogen-bond donors (Lipinski definition) is 2. The number of likely N-dealkylation sites (N-methyl/N-ethyl adjacent to an activating group) is 1. The number of morpholine rings is 1. The van der Waals surface area contributed by atoms with Gasteiger partial charge in [0.1, 0.15) is 6.61 Å². The molecule has 0 unspecified atom stereocenters. The minimum atomic E-state index is -3.14. The number of benzene rings is 1. The van der Waals surface area contributed by atoms with Gasteiger partial charge in [-0.05, 0) is 24.6 Å². The number of nitrogens with one attached hydrogen (secondary N) is 1. The van der Waals surface area contributed by atoms with E-state index in [0.717, 1.165) is 0 Å². The van der Waals surface area contributed by atoms with E-state index in [1.165, 1.54) is 23.1 Å². The lowest BCUT2D eigenvalue weighted by atomic mass is 10.1. The number of anilines is 2. The Balaban J connectivity index is 2.29. The molecule has 0 aromatic heterocycles. The van der Waals surface area contributed by atoms with Crippen LogP contribution in [0.2, 0.25) is 0 Å². The Morgan fingerprint density at radius 3 is 2.61 bits per heavy atom. The normalized spacial score (nSPS) is 15.5.